The van der Waals surface area contributed by atoms with Crippen LogP contribution >= 0.6 is 0 Å². The molecule has 1 heterocycles. The Morgan fingerprint density at radius 1 is 1.26 bits per heavy atom. The van der Waals surface area contributed by atoms with Crippen LogP contribution in [-0.4, -0.2) is 35.1 Å². The molecule has 3 heteroatoms. The number of aliphatic hydroxyl groups excluding tert-OH is 1. The molecule has 19 heavy (non-hydrogen) atoms. The molecule has 112 valence electrons. The van der Waals surface area contributed by atoms with Crippen molar-refractivity contribution in [2.24, 2.45) is 11.8 Å². The zero-order valence-corrected chi connectivity index (χ0v) is 13.1. The first-order chi connectivity index (χ1) is 8.81. The van der Waals surface area contributed by atoms with Gasteiger partial charge in [0.15, 0.2) is 0 Å². The normalized spacial score (nSPS) is 43.9. The van der Waals surface area contributed by atoms with Gasteiger partial charge in [-0.3, -0.25) is 0 Å². The van der Waals surface area contributed by atoms with Crippen LogP contribution in [0.4, 0.5) is 0 Å². The molecule has 0 bridgehead atoms. The number of fused-ring (bicyclic) bond motifs is 1. The van der Waals surface area contributed by atoms with Gasteiger partial charge < -0.3 is 14.6 Å². The summed E-state index contributed by atoms with van der Waals surface area (Å²) in [4.78, 5) is 0. The fourth-order valence-electron chi connectivity index (χ4n) is 3.62. The SMILES string of the molecule is CCC1O[C@@H]2[C@@H](CCC(O)[C@H]2C)CC1OC(C)(C)C. The van der Waals surface area contributed by atoms with Crippen LogP contribution in [0.5, 0.6) is 0 Å². The summed E-state index contributed by atoms with van der Waals surface area (Å²) in [6.07, 6.45) is 4.43. The Hall–Kier alpha value is -0.120. The van der Waals surface area contributed by atoms with Crippen LogP contribution in [0.3, 0.4) is 0 Å². The van der Waals surface area contributed by atoms with Gasteiger partial charge in [-0.1, -0.05) is 13.8 Å². The van der Waals surface area contributed by atoms with Crippen LogP contribution in [0.15, 0.2) is 0 Å². The van der Waals surface area contributed by atoms with E-state index in [1.807, 2.05) is 0 Å². The maximum atomic E-state index is 10.0. The first-order valence-corrected chi connectivity index (χ1v) is 7.83. The maximum absolute atomic E-state index is 10.0. The number of aliphatic hydroxyl groups is 1. The third kappa shape index (κ3) is 3.50. The molecule has 1 N–H and O–H groups in total. The van der Waals surface area contributed by atoms with E-state index in [2.05, 4.69) is 34.6 Å². The predicted octanol–water partition coefficient (Wildman–Crippen LogP) is 3.14. The molecule has 6 atom stereocenters. The lowest BCUT2D eigenvalue weighted by Crippen LogP contribution is -2.53. The highest BCUT2D eigenvalue weighted by atomic mass is 16.6. The summed E-state index contributed by atoms with van der Waals surface area (Å²) in [6, 6.07) is 0. The van der Waals surface area contributed by atoms with Crippen molar-refractivity contribution in [3.05, 3.63) is 0 Å². The minimum absolute atomic E-state index is 0.117. The van der Waals surface area contributed by atoms with E-state index in [-0.39, 0.29) is 35.9 Å². The summed E-state index contributed by atoms with van der Waals surface area (Å²) in [5.41, 5.74) is -0.117. The van der Waals surface area contributed by atoms with Crippen LogP contribution in [0.2, 0.25) is 0 Å². The Morgan fingerprint density at radius 3 is 2.53 bits per heavy atom. The first kappa shape index (κ1) is 15.3. The van der Waals surface area contributed by atoms with Crippen molar-refractivity contribution in [2.75, 3.05) is 0 Å². The fraction of sp³-hybridized carbons (Fsp3) is 1.00. The minimum atomic E-state index is -0.196. The Morgan fingerprint density at radius 2 is 1.95 bits per heavy atom. The van der Waals surface area contributed by atoms with Crippen LogP contribution in [0.25, 0.3) is 0 Å². The van der Waals surface area contributed by atoms with E-state index in [1.54, 1.807) is 0 Å². The molecule has 3 nitrogen and oxygen atoms in total. The molecule has 0 aromatic carbocycles. The summed E-state index contributed by atoms with van der Waals surface area (Å²) in [5.74, 6) is 0.803. The van der Waals surface area contributed by atoms with Gasteiger partial charge in [0, 0.05) is 5.92 Å². The Bertz CT molecular complexity index is 297. The molecule has 1 aliphatic heterocycles. The van der Waals surface area contributed by atoms with Crippen molar-refractivity contribution in [3.8, 4) is 0 Å². The lowest BCUT2D eigenvalue weighted by molar-refractivity contribution is -0.221. The van der Waals surface area contributed by atoms with Crippen molar-refractivity contribution < 1.29 is 14.6 Å². The van der Waals surface area contributed by atoms with Crippen molar-refractivity contribution in [1.29, 1.82) is 0 Å². The molecule has 1 saturated heterocycles. The van der Waals surface area contributed by atoms with Gasteiger partial charge in [-0.05, 0) is 52.4 Å². The lowest BCUT2D eigenvalue weighted by atomic mass is 9.73. The number of hydrogen-bond donors (Lipinski definition) is 1. The van der Waals surface area contributed by atoms with Crippen molar-refractivity contribution in [2.45, 2.75) is 90.3 Å². The van der Waals surface area contributed by atoms with E-state index < -0.39 is 0 Å². The standard InChI is InChI=1S/C16H30O3/c1-6-13-14(19-16(3,4)5)9-11-7-8-12(17)10(2)15(11)18-13/h10-15,17H,6-9H2,1-5H3/t10-,11+,12?,13?,14?,15+/m1/s1. The molecule has 0 amide bonds. The maximum Gasteiger partial charge on any atom is 0.0847 e. The van der Waals surface area contributed by atoms with E-state index in [1.165, 1.54) is 0 Å². The Labute approximate surface area is 117 Å². The molecule has 0 radical (unpaired) electrons. The molecule has 2 aliphatic rings. The summed E-state index contributed by atoms with van der Waals surface area (Å²) < 4.78 is 12.5. The topological polar surface area (TPSA) is 38.7 Å². The highest BCUT2D eigenvalue weighted by Gasteiger charge is 2.45. The molecular formula is C16H30O3. The van der Waals surface area contributed by atoms with Crippen LogP contribution in [0.1, 0.15) is 60.3 Å². The average molecular weight is 270 g/mol. The Balaban J connectivity index is 2.06. The summed E-state index contributed by atoms with van der Waals surface area (Å²) >= 11 is 0. The third-order valence-corrected chi connectivity index (χ3v) is 4.61. The summed E-state index contributed by atoms with van der Waals surface area (Å²) in [6.45, 7) is 10.6. The largest absolute Gasteiger partial charge is 0.393 e. The lowest BCUT2D eigenvalue weighted by Gasteiger charge is -2.48. The summed E-state index contributed by atoms with van der Waals surface area (Å²) in [7, 11) is 0. The van der Waals surface area contributed by atoms with E-state index in [0.717, 1.165) is 25.7 Å². The average Bonchev–Trinajstić information content (AvgIpc) is 2.32. The van der Waals surface area contributed by atoms with Gasteiger partial charge in [0.25, 0.3) is 0 Å². The van der Waals surface area contributed by atoms with Gasteiger partial charge >= 0.3 is 0 Å². The van der Waals surface area contributed by atoms with Crippen LogP contribution in [-0.2, 0) is 9.47 Å². The molecular weight excluding hydrogens is 240 g/mol. The zero-order chi connectivity index (χ0) is 14.2. The second kappa shape index (κ2) is 5.71. The van der Waals surface area contributed by atoms with Gasteiger partial charge in [0.05, 0.1) is 30.0 Å². The monoisotopic (exact) mass is 270 g/mol. The second-order valence-electron chi connectivity index (χ2n) is 7.32. The molecule has 0 aromatic rings. The molecule has 3 unspecified atom stereocenters. The molecule has 2 rings (SSSR count). The van der Waals surface area contributed by atoms with Crippen molar-refractivity contribution in [1.82, 2.24) is 0 Å². The van der Waals surface area contributed by atoms with Gasteiger partial charge in [-0.2, -0.15) is 0 Å². The van der Waals surface area contributed by atoms with Gasteiger partial charge in [-0.25, -0.2) is 0 Å². The van der Waals surface area contributed by atoms with E-state index in [0.29, 0.717) is 5.92 Å². The summed E-state index contributed by atoms with van der Waals surface area (Å²) in [5, 5.41) is 10.0. The number of ether oxygens (including phenoxy) is 2. The quantitative estimate of drug-likeness (QED) is 0.838. The highest BCUT2D eigenvalue weighted by molar-refractivity contribution is 4.93. The minimum Gasteiger partial charge on any atom is -0.393 e. The highest BCUT2D eigenvalue weighted by Crippen LogP contribution is 2.41. The van der Waals surface area contributed by atoms with Crippen molar-refractivity contribution >= 4 is 0 Å². The van der Waals surface area contributed by atoms with Crippen molar-refractivity contribution in [3.63, 3.8) is 0 Å². The molecule has 0 aromatic heterocycles. The van der Waals surface area contributed by atoms with Gasteiger partial charge in [0.2, 0.25) is 0 Å². The second-order valence-corrected chi connectivity index (χ2v) is 7.32. The van der Waals surface area contributed by atoms with E-state index in [9.17, 15) is 5.11 Å². The molecule has 2 fully saturated rings. The third-order valence-electron chi connectivity index (χ3n) is 4.61. The number of rotatable bonds is 2. The molecule has 1 saturated carbocycles. The van der Waals surface area contributed by atoms with E-state index in [4.69, 9.17) is 9.47 Å². The van der Waals surface area contributed by atoms with Gasteiger partial charge in [0.1, 0.15) is 0 Å². The van der Waals surface area contributed by atoms with Gasteiger partial charge in [-0.15, -0.1) is 0 Å². The first-order valence-electron chi connectivity index (χ1n) is 7.83. The number of hydrogen-bond acceptors (Lipinski definition) is 3. The molecule has 0 spiro atoms. The Kier molecular flexibility index (Phi) is 4.59. The molecule has 1 aliphatic carbocycles. The predicted molar refractivity (Wildman–Crippen MR) is 76.1 cm³/mol. The van der Waals surface area contributed by atoms with Crippen LogP contribution in [0, 0.1) is 11.8 Å². The van der Waals surface area contributed by atoms with Crippen LogP contribution < -0.4 is 0 Å². The smallest absolute Gasteiger partial charge is 0.0847 e. The van der Waals surface area contributed by atoms with E-state index >= 15 is 0 Å². The zero-order valence-electron chi connectivity index (χ0n) is 13.1. The fourth-order valence-corrected chi connectivity index (χ4v) is 3.62.